The predicted octanol–water partition coefficient (Wildman–Crippen LogP) is 3.56. The minimum Gasteiger partial charge on any atom is -0.493 e. The Bertz CT molecular complexity index is 1590. The van der Waals surface area contributed by atoms with Crippen molar-refractivity contribution in [3.05, 3.63) is 66.0 Å². The van der Waals surface area contributed by atoms with Crippen LogP contribution in [0.1, 0.15) is 37.1 Å². The molecule has 0 radical (unpaired) electrons. The summed E-state index contributed by atoms with van der Waals surface area (Å²) in [6, 6.07) is 18.0. The summed E-state index contributed by atoms with van der Waals surface area (Å²) in [7, 11) is 0. The van der Waals surface area contributed by atoms with E-state index in [1.807, 2.05) is 48.5 Å². The van der Waals surface area contributed by atoms with Gasteiger partial charge in [-0.2, -0.15) is 5.26 Å². The molecule has 4 unspecified atom stereocenters. The number of aromatic nitrogens is 3. The van der Waals surface area contributed by atoms with Gasteiger partial charge in [-0.25, -0.2) is 9.97 Å². The molecular formula is C30H33ClN6O5. The summed E-state index contributed by atoms with van der Waals surface area (Å²) >= 11 is 5.84. The number of ether oxygens (including phenoxy) is 2. The summed E-state index contributed by atoms with van der Waals surface area (Å²) in [5, 5.41) is 45.5. The number of aliphatic hydroxyl groups is 3. The highest BCUT2D eigenvalue weighted by Gasteiger charge is 2.54. The summed E-state index contributed by atoms with van der Waals surface area (Å²) in [6.45, 7) is 1.66. The number of nitrogens with one attached hydrogen (secondary N) is 1. The number of rotatable bonds is 11. The third-order valence-corrected chi connectivity index (χ3v) is 7.74. The number of anilines is 2. The number of hydrogen-bond acceptors (Lipinski definition) is 10. The zero-order valence-electron chi connectivity index (χ0n) is 23.1. The molecule has 0 amide bonds. The Morgan fingerprint density at radius 3 is 2.69 bits per heavy atom. The van der Waals surface area contributed by atoms with Gasteiger partial charge in [0.1, 0.15) is 53.2 Å². The van der Waals surface area contributed by atoms with Crippen molar-refractivity contribution in [2.45, 2.75) is 50.3 Å². The lowest BCUT2D eigenvalue weighted by Crippen LogP contribution is -2.44. The fraction of sp³-hybridized carbons (Fsp3) is 0.367. The van der Waals surface area contributed by atoms with Gasteiger partial charge in [0.2, 0.25) is 0 Å². The second-order valence-electron chi connectivity index (χ2n) is 10.3. The molecule has 1 aliphatic heterocycles. The molecular weight excluding hydrogens is 560 g/mol. The number of halogens is 1. The van der Waals surface area contributed by atoms with Crippen molar-refractivity contribution in [3.8, 4) is 22.9 Å². The molecule has 6 N–H and O–H groups in total. The molecule has 0 saturated carbocycles. The number of nitrogens with two attached hydrogens (primary N) is 1. The van der Waals surface area contributed by atoms with Crippen LogP contribution in [0.25, 0.3) is 22.2 Å². The van der Waals surface area contributed by atoms with Crippen molar-refractivity contribution in [1.82, 2.24) is 14.5 Å². The number of unbranched alkanes of at least 4 members (excludes halogenated alkanes) is 1. The number of fused-ring (bicyclic) bond motifs is 1. The number of nitrogens with zero attached hydrogens (tertiary/aromatic N) is 4. The maximum absolute atomic E-state index is 11.3. The van der Waals surface area contributed by atoms with Gasteiger partial charge in [0.25, 0.3) is 0 Å². The van der Waals surface area contributed by atoms with Gasteiger partial charge in [-0.05, 0) is 37.0 Å². The molecule has 4 aromatic rings. The van der Waals surface area contributed by atoms with Gasteiger partial charge in [0, 0.05) is 18.0 Å². The lowest BCUT2D eigenvalue weighted by molar-refractivity contribution is -0.0939. The Morgan fingerprint density at radius 1 is 1.21 bits per heavy atom. The van der Waals surface area contributed by atoms with Crippen LogP contribution in [0, 0.1) is 11.3 Å². The van der Waals surface area contributed by atoms with E-state index in [2.05, 4.69) is 21.4 Å². The Hall–Kier alpha value is -3.92. The van der Waals surface area contributed by atoms with Crippen LogP contribution in [0.2, 0.25) is 0 Å². The lowest BCUT2D eigenvalue weighted by atomic mass is 9.96. The Morgan fingerprint density at radius 2 is 2.00 bits per heavy atom. The van der Waals surface area contributed by atoms with Crippen LogP contribution in [0.15, 0.2) is 54.9 Å². The first kappa shape index (κ1) is 29.6. The van der Waals surface area contributed by atoms with Gasteiger partial charge in [-0.1, -0.05) is 42.5 Å². The molecule has 42 heavy (non-hydrogen) atoms. The maximum Gasteiger partial charge on any atom is 0.168 e. The largest absolute Gasteiger partial charge is 0.493 e. The molecule has 0 aliphatic carbocycles. The third-order valence-electron chi connectivity index (χ3n) is 7.47. The second-order valence-corrected chi connectivity index (χ2v) is 10.7. The summed E-state index contributed by atoms with van der Waals surface area (Å²) in [5.41, 5.74) is 7.55. The standard InChI is InChI=1S/C30H33ClN6O5/c1-30(40)25(39)23(16-38)42-29(30)37-27(21(14-32)24-26(33)35-17-36-28(24)37)34-15-18-9-10-20(19-7-3-2-4-8-19)22(13-18)41-12-6-5-11-31/h2-4,7-10,13,17,23,25,29,34,38-40H,5-6,11-12,15-16H2,1H3,(H2,33,35,36). The molecule has 0 spiro atoms. The van der Waals surface area contributed by atoms with Gasteiger partial charge in [0.15, 0.2) is 11.9 Å². The van der Waals surface area contributed by atoms with Crippen molar-refractivity contribution >= 4 is 34.3 Å². The normalized spacial score (nSPS) is 21.9. The Balaban J connectivity index is 1.54. The average Bonchev–Trinajstić information content (AvgIpc) is 3.44. The first-order valence-electron chi connectivity index (χ1n) is 13.6. The van der Waals surface area contributed by atoms with E-state index in [-0.39, 0.29) is 34.8 Å². The second kappa shape index (κ2) is 12.5. The van der Waals surface area contributed by atoms with Crippen LogP contribution < -0.4 is 15.8 Å². The fourth-order valence-corrected chi connectivity index (χ4v) is 5.44. The highest BCUT2D eigenvalue weighted by Crippen LogP contribution is 2.44. The molecule has 11 nitrogen and oxygen atoms in total. The molecule has 3 heterocycles. The van der Waals surface area contributed by atoms with Gasteiger partial charge in [-0.15, -0.1) is 11.6 Å². The Kier molecular flexibility index (Phi) is 8.82. The first-order valence-corrected chi connectivity index (χ1v) is 14.2. The molecule has 12 heteroatoms. The summed E-state index contributed by atoms with van der Waals surface area (Å²) < 4.78 is 13.6. The smallest absolute Gasteiger partial charge is 0.168 e. The summed E-state index contributed by atoms with van der Waals surface area (Å²) in [5.74, 6) is 1.63. The zero-order valence-corrected chi connectivity index (χ0v) is 23.8. The number of hydrogen-bond donors (Lipinski definition) is 5. The molecule has 2 aromatic carbocycles. The molecule has 1 aliphatic rings. The van der Waals surface area contributed by atoms with Crippen LogP contribution in [0.4, 0.5) is 11.6 Å². The van der Waals surface area contributed by atoms with E-state index in [9.17, 15) is 20.6 Å². The molecule has 1 saturated heterocycles. The monoisotopic (exact) mass is 592 g/mol. The van der Waals surface area contributed by atoms with Gasteiger partial charge in [-0.3, -0.25) is 4.57 Å². The third kappa shape index (κ3) is 5.47. The number of aliphatic hydroxyl groups excluding tert-OH is 2. The minimum absolute atomic E-state index is 0.0788. The van der Waals surface area contributed by atoms with Crippen molar-refractivity contribution in [1.29, 1.82) is 5.26 Å². The van der Waals surface area contributed by atoms with Crippen LogP contribution in [0.3, 0.4) is 0 Å². The van der Waals surface area contributed by atoms with E-state index in [4.69, 9.17) is 26.8 Å². The topological polar surface area (TPSA) is 172 Å². The molecule has 2 aromatic heterocycles. The fourth-order valence-electron chi connectivity index (χ4n) is 5.25. The van der Waals surface area contributed by atoms with Crippen LogP contribution in [-0.4, -0.2) is 66.8 Å². The first-order chi connectivity index (χ1) is 20.3. The van der Waals surface area contributed by atoms with Crippen LogP contribution in [0.5, 0.6) is 5.75 Å². The van der Waals surface area contributed by atoms with Crippen LogP contribution >= 0.6 is 11.6 Å². The van der Waals surface area contributed by atoms with E-state index in [0.29, 0.717) is 18.2 Å². The minimum atomic E-state index is -1.83. The molecule has 1 fully saturated rings. The number of nitriles is 1. The predicted molar refractivity (Wildman–Crippen MR) is 159 cm³/mol. The summed E-state index contributed by atoms with van der Waals surface area (Å²) in [4.78, 5) is 8.38. The van der Waals surface area contributed by atoms with Crippen molar-refractivity contribution in [2.75, 3.05) is 30.1 Å². The van der Waals surface area contributed by atoms with E-state index in [1.165, 1.54) is 17.8 Å². The van der Waals surface area contributed by atoms with Crippen LogP contribution in [-0.2, 0) is 11.3 Å². The van der Waals surface area contributed by atoms with E-state index < -0.39 is 30.6 Å². The quantitative estimate of drug-likeness (QED) is 0.128. The van der Waals surface area contributed by atoms with Gasteiger partial charge in [0.05, 0.1) is 18.6 Å². The number of alkyl halides is 1. The van der Waals surface area contributed by atoms with Crippen molar-refractivity contribution < 1.29 is 24.8 Å². The SMILES string of the molecule is CC1(O)C(O)C(CO)OC1n1c(NCc2ccc(-c3ccccc3)c(OCCCCCl)c2)c(C#N)c2c(N)ncnc21. The highest BCUT2D eigenvalue weighted by atomic mass is 35.5. The van der Waals surface area contributed by atoms with E-state index in [1.54, 1.807) is 0 Å². The number of benzene rings is 2. The molecule has 220 valence electrons. The van der Waals surface area contributed by atoms with Gasteiger partial charge >= 0.3 is 0 Å². The molecule has 0 bridgehead atoms. The molecule has 4 atom stereocenters. The lowest BCUT2D eigenvalue weighted by Gasteiger charge is -2.29. The van der Waals surface area contributed by atoms with E-state index >= 15 is 0 Å². The van der Waals surface area contributed by atoms with Gasteiger partial charge < -0.3 is 35.8 Å². The van der Waals surface area contributed by atoms with Crippen molar-refractivity contribution in [2.24, 2.45) is 0 Å². The number of nitrogen functional groups attached to an aromatic ring is 1. The molecule has 5 rings (SSSR count). The summed E-state index contributed by atoms with van der Waals surface area (Å²) in [6.07, 6.45) is -0.742. The highest BCUT2D eigenvalue weighted by molar-refractivity contribution is 6.17. The van der Waals surface area contributed by atoms with Crippen molar-refractivity contribution in [3.63, 3.8) is 0 Å². The Labute approximate surface area is 248 Å². The average molecular weight is 593 g/mol. The zero-order chi connectivity index (χ0) is 29.9. The van der Waals surface area contributed by atoms with E-state index in [0.717, 1.165) is 29.5 Å². The maximum atomic E-state index is 11.3.